The molecular formula is C14H26N2O. The van der Waals surface area contributed by atoms with Crippen molar-refractivity contribution in [2.75, 3.05) is 27.2 Å². The first-order valence-corrected chi connectivity index (χ1v) is 7.07. The van der Waals surface area contributed by atoms with Crippen LogP contribution in [0.25, 0.3) is 0 Å². The molecule has 2 fully saturated rings. The highest BCUT2D eigenvalue weighted by atomic mass is 16.2. The van der Waals surface area contributed by atoms with Crippen LogP contribution >= 0.6 is 0 Å². The van der Waals surface area contributed by atoms with Gasteiger partial charge in [0, 0.05) is 20.5 Å². The molecule has 0 radical (unpaired) electrons. The number of nitrogens with one attached hydrogen (secondary N) is 1. The van der Waals surface area contributed by atoms with Crippen LogP contribution in [0.1, 0.15) is 38.5 Å². The molecule has 2 aliphatic carbocycles. The highest BCUT2D eigenvalue weighted by Gasteiger charge is 2.38. The van der Waals surface area contributed by atoms with Crippen molar-refractivity contribution in [3.05, 3.63) is 0 Å². The van der Waals surface area contributed by atoms with Gasteiger partial charge in [-0.15, -0.1) is 0 Å². The van der Waals surface area contributed by atoms with Crippen LogP contribution in [0.15, 0.2) is 0 Å². The standard InChI is InChI=1S/C14H26N2O/c1-16(2)14(17)4-3-7-15-10-13-9-11-5-6-12(13)8-11/h11-13,15H,3-10H2,1-2H3. The van der Waals surface area contributed by atoms with Crippen molar-refractivity contribution in [3.63, 3.8) is 0 Å². The van der Waals surface area contributed by atoms with Gasteiger partial charge in [-0.3, -0.25) is 4.79 Å². The predicted octanol–water partition coefficient (Wildman–Crippen LogP) is 1.88. The Morgan fingerprint density at radius 1 is 1.29 bits per heavy atom. The van der Waals surface area contributed by atoms with Crippen molar-refractivity contribution in [3.8, 4) is 0 Å². The van der Waals surface area contributed by atoms with Gasteiger partial charge in [-0.05, 0) is 56.5 Å². The minimum atomic E-state index is 0.242. The third-order valence-electron chi connectivity index (χ3n) is 4.53. The summed E-state index contributed by atoms with van der Waals surface area (Å²) in [5.41, 5.74) is 0. The van der Waals surface area contributed by atoms with E-state index in [2.05, 4.69) is 5.32 Å². The Morgan fingerprint density at radius 3 is 2.71 bits per heavy atom. The van der Waals surface area contributed by atoms with E-state index in [0.29, 0.717) is 6.42 Å². The van der Waals surface area contributed by atoms with Gasteiger partial charge in [0.1, 0.15) is 0 Å². The highest BCUT2D eigenvalue weighted by Crippen LogP contribution is 2.47. The number of carbonyl (C=O) groups excluding carboxylic acids is 1. The number of rotatable bonds is 6. The van der Waals surface area contributed by atoms with Crippen molar-refractivity contribution >= 4 is 5.91 Å². The lowest BCUT2D eigenvalue weighted by Crippen LogP contribution is -2.28. The summed E-state index contributed by atoms with van der Waals surface area (Å²) in [7, 11) is 3.65. The normalized spacial score (nSPS) is 30.8. The zero-order valence-electron chi connectivity index (χ0n) is 11.2. The van der Waals surface area contributed by atoms with E-state index < -0.39 is 0 Å². The molecule has 1 amide bonds. The lowest BCUT2D eigenvalue weighted by atomic mass is 9.89. The molecule has 0 heterocycles. The number of hydrogen-bond donors (Lipinski definition) is 1. The van der Waals surface area contributed by atoms with E-state index in [1.165, 1.54) is 32.2 Å². The van der Waals surface area contributed by atoms with Crippen LogP contribution in [0.3, 0.4) is 0 Å². The van der Waals surface area contributed by atoms with Crippen LogP contribution in [-0.4, -0.2) is 38.0 Å². The third kappa shape index (κ3) is 3.44. The number of carbonyl (C=O) groups is 1. The zero-order chi connectivity index (χ0) is 12.3. The summed E-state index contributed by atoms with van der Waals surface area (Å²) in [5, 5.41) is 3.54. The highest BCUT2D eigenvalue weighted by molar-refractivity contribution is 5.75. The molecule has 0 spiro atoms. The van der Waals surface area contributed by atoms with Crippen LogP contribution in [0, 0.1) is 17.8 Å². The maximum absolute atomic E-state index is 11.4. The van der Waals surface area contributed by atoms with Crippen molar-refractivity contribution < 1.29 is 4.79 Å². The van der Waals surface area contributed by atoms with Gasteiger partial charge in [0.2, 0.25) is 5.91 Å². The van der Waals surface area contributed by atoms with Gasteiger partial charge in [0.25, 0.3) is 0 Å². The fraction of sp³-hybridized carbons (Fsp3) is 0.929. The number of amides is 1. The predicted molar refractivity (Wildman–Crippen MR) is 69.7 cm³/mol. The quantitative estimate of drug-likeness (QED) is 0.717. The van der Waals surface area contributed by atoms with Gasteiger partial charge < -0.3 is 10.2 Å². The minimum Gasteiger partial charge on any atom is -0.349 e. The van der Waals surface area contributed by atoms with E-state index in [-0.39, 0.29) is 5.91 Å². The monoisotopic (exact) mass is 238 g/mol. The van der Waals surface area contributed by atoms with E-state index in [0.717, 1.165) is 30.7 Å². The molecule has 3 heteroatoms. The molecule has 2 saturated carbocycles. The van der Waals surface area contributed by atoms with Crippen molar-refractivity contribution in [2.45, 2.75) is 38.5 Å². The summed E-state index contributed by atoms with van der Waals surface area (Å²) < 4.78 is 0. The fourth-order valence-electron chi connectivity index (χ4n) is 3.50. The van der Waals surface area contributed by atoms with Gasteiger partial charge >= 0.3 is 0 Å². The van der Waals surface area contributed by atoms with E-state index in [4.69, 9.17) is 0 Å². The average Bonchev–Trinajstić information content (AvgIpc) is 2.90. The molecule has 0 saturated heterocycles. The Hall–Kier alpha value is -0.570. The van der Waals surface area contributed by atoms with Crippen LogP contribution in [0.2, 0.25) is 0 Å². The second kappa shape index (κ2) is 5.85. The summed E-state index contributed by atoms with van der Waals surface area (Å²) >= 11 is 0. The minimum absolute atomic E-state index is 0.242. The van der Waals surface area contributed by atoms with Gasteiger partial charge in [-0.25, -0.2) is 0 Å². The smallest absolute Gasteiger partial charge is 0.222 e. The van der Waals surface area contributed by atoms with Crippen LogP contribution in [0.4, 0.5) is 0 Å². The topological polar surface area (TPSA) is 32.3 Å². The molecule has 3 atom stereocenters. The van der Waals surface area contributed by atoms with Gasteiger partial charge in [-0.2, -0.15) is 0 Å². The van der Waals surface area contributed by atoms with Crippen LogP contribution < -0.4 is 5.32 Å². The van der Waals surface area contributed by atoms with Crippen molar-refractivity contribution in [1.82, 2.24) is 10.2 Å². The summed E-state index contributed by atoms with van der Waals surface area (Å²) in [6.07, 6.45) is 7.54. The molecule has 3 unspecified atom stereocenters. The Balaban J connectivity index is 1.51. The molecule has 2 bridgehead atoms. The van der Waals surface area contributed by atoms with Crippen molar-refractivity contribution in [2.24, 2.45) is 17.8 Å². The molecule has 17 heavy (non-hydrogen) atoms. The fourth-order valence-corrected chi connectivity index (χ4v) is 3.50. The number of fused-ring (bicyclic) bond motifs is 2. The Labute approximate surface area is 105 Å². The molecule has 3 nitrogen and oxygen atoms in total. The number of nitrogens with zero attached hydrogens (tertiary/aromatic N) is 1. The Morgan fingerprint density at radius 2 is 2.12 bits per heavy atom. The lowest BCUT2D eigenvalue weighted by Gasteiger charge is -2.21. The van der Waals surface area contributed by atoms with Crippen molar-refractivity contribution in [1.29, 1.82) is 0 Å². The molecule has 0 aromatic rings. The van der Waals surface area contributed by atoms with Crippen LogP contribution in [-0.2, 0) is 4.79 Å². The lowest BCUT2D eigenvalue weighted by molar-refractivity contribution is -0.128. The Bertz CT molecular complexity index is 265. The Kier molecular flexibility index (Phi) is 4.43. The maximum atomic E-state index is 11.4. The van der Waals surface area contributed by atoms with E-state index in [1.807, 2.05) is 14.1 Å². The summed E-state index contributed by atoms with van der Waals surface area (Å²) in [6, 6.07) is 0. The average molecular weight is 238 g/mol. The van der Waals surface area contributed by atoms with Gasteiger partial charge in [0.15, 0.2) is 0 Å². The van der Waals surface area contributed by atoms with Gasteiger partial charge in [0.05, 0.1) is 0 Å². The second-order valence-corrected chi connectivity index (χ2v) is 6.03. The summed E-state index contributed by atoms with van der Waals surface area (Å²) in [4.78, 5) is 13.0. The molecule has 0 aromatic heterocycles. The molecule has 98 valence electrons. The molecule has 1 N–H and O–H groups in total. The summed E-state index contributed by atoms with van der Waals surface area (Å²) in [6.45, 7) is 2.17. The molecular weight excluding hydrogens is 212 g/mol. The zero-order valence-corrected chi connectivity index (χ0v) is 11.2. The number of hydrogen-bond acceptors (Lipinski definition) is 2. The molecule has 2 rings (SSSR count). The first kappa shape index (κ1) is 12.9. The molecule has 2 aliphatic rings. The van der Waals surface area contributed by atoms with E-state index in [1.54, 1.807) is 4.90 Å². The first-order chi connectivity index (χ1) is 8.16. The molecule has 0 aliphatic heterocycles. The first-order valence-electron chi connectivity index (χ1n) is 7.07. The maximum Gasteiger partial charge on any atom is 0.222 e. The second-order valence-electron chi connectivity index (χ2n) is 6.03. The third-order valence-corrected chi connectivity index (χ3v) is 4.53. The SMILES string of the molecule is CN(C)C(=O)CCCNCC1CC2CCC1C2. The largest absolute Gasteiger partial charge is 0.349 e. The van der Waals surface area contributed by atoms with Gasteiger partial charge in [-0.1, -0.05) is 6.42 Å². The summed E-state index contributed by atoms with van der Waals surface area (Å²) in [5.74, 6) is 3.23. The van der Waals surface area contributed by atoms with E-state index >= 15 is 0 Å². The molecule has 0 aromatic carbocycles. The van der Waals surface area contributed by atoms with Crippen LogP contribution in [0.5, 0.6) is 0 Å². The van der Waals surface area contributed by atoms with E-state index in [9.17, 15) is 4.79 Å².